The molecule has 0 radical (unpaired) electrons. The molecule has 1 aromatic heterocycles. The van der Waals surface area contributed by atoms with Crippen LogP contribution in [0.15, 0.2) is 54.6 Å². The predicted octanol–water partition coefficient (Wildman–Crippen LogP) is 5.05. The van der Waals surface area contributed by atoms with Gasteiger partial charge in [-0.3, -0.25) is 9.59 Å². The van der Waals surface area contributed by atoms with Crippen molar-refractivity contribution in [2.24, 2.45) is 5.92 Å². The lowest BCUT2D eigenvalue weighted by molar-refractivity contribution is -0.117. The van der Waals surface area contributed by atoms with Crippen LogP contribution in [0.1, 0.15) is 50.7 Å². The molecule has 0 unspecified atom stereocenters. The van der Waals surface area contributed by atoms with Crippen LogP contribution in [-0.2, 0) is 10.2 Å². The summed E-state index contributed by atoms with van der Waals surface area (Å²) >= 11 is 0. The van der Waals surface area contributed by atoms with E-state index in [4.69, 9.17) is 9.84 Å². The van der Waals surface area contributed by atoms with Crippen molar-refractivity contribution in [1.29, 1.82) is 0 Å². The number of nitrogens with one attached hydrogen (secondary N) is 1. The van der Waals surface area contributed by atoms with Crippen molar-refractivity contribution in [3.63, 3.8) is 0 Å². The molecule has 0 aliphatic heterocycles. The van der Waals surface area contributed by atoms with Crippen molar-refractivity contribution < 1.29 is 18.7 Å². The Labute approximate surface area is 205 Å². The molecule has 0 saturated heterocycles. The summed E-state index contributed by atoms with van der Waals surface area (Å²) in [6.07, 6.45) is 0. The van der Waals surface area contributed by atoms with Crippen molar-refractivity contribution in [3.05, 3.63) is 71.7 Å². The van der Waals surface area contributed by atoms with Crippen LogP contribution in [0.25, 0.3) is 5.69 Å². The number of halogens is 1. The van der Waals surface area contributed by atoms with E-state index in [2.05, 4.69) is 5.32 Å². The number of hydrogen-bond acceptors (Lipinski definition) is 4. The van der Waals surface area contributed by atoms with Gasteiger partial charge in [0.1, 0.15) is 23.9 Å². The van der Waals surface area contributed by atoms with Crippen molar-refractivity contribution in [2.75, 3.05) is 25.5 Å². The zero-order valence-corrected chi connectivity index (χ0v) is 21.1. The quantitative estimate of drug-likeness (QED) is 0.489. The van der Waals surface area contributed by atoms with Gasteiger partial charge < -0.3 is 15.0 Å². The number of carbonyl (C=O) groups is 2. The second-order valence-corrected chi connectivity index (χ2v) is 9.91. The van der Waals surface area contributed by atoms with Gasteiger partial charge in [0.15, 0.2) is 0 Å². The first-order valence-corrected chi connectivity index (χ1v) is 11.6. The third-order valence-corrected chi connectivity index (χ3v) is 5.36. The van der Waals surface area contributed by atoms with Crippen LogP contribution in [-0.4, -0.2) is 46.7 Å². The fourth-order valence-corrected chi connectivity index (χ4v) is 3.55. The highest BCUT2D eigenvalue weighted by Gasteiger charge is 2.24. The summed E-state index contributed by atoms with van der Waals surface area (Å²) in [5, 5.41) is 7.65. The van der Waals surface area contributed by atoms with Crippen LogP contribution in [0.3, 0.4) is 0 Å². The normalized spacial score (nSPS) is 11.4. The summed E-state index contributed by atoms with van der Waals surface area (Å²) in [5.74, 6) is 0.264. The molecule has 35 heavy (non-hydrogen) atoms. The van der Waals surface area contributed by atoms with E-state index in [1.807, 2.05) is 65.0 Å². The lowest BCUT2D eigenvalue weighted by Crippen LogP contribution is -2.40. The maximum absolute atomic E-state index is 13.3. The lowest BCUT2D eigenvalue weighted by Gasteiger charge is -2.24. The van der Waals surface area contributed by atoms with E-state index in [1.165, 1.54) is 29.2 Å². The first-order valence-electron chi connectivity index (χ1n) is 11.6. The van der Waals surface area contributed by atoms with Crippen LogP contribution >= 0.6 is 0 Å². The summed E-state index contributed by atoms with van der Waals surface area (Å²) in [5.41, 5.74) is 1.67. The third kappa shape index (κ3) is 6.68. The van der Waals surface area contributed by atoms with E-state index < -0.39 is 5.82 Å². The van der Waals surface area contributed by atoms with Gasteiger partial charge in [-0.2, -0.15) is 5.10 Å². The van der Waals surface area contributed by atoms with E-state index >= 15 is 0 Å². The van der Waals surface area contributed by atoms with E-state index in [0.29, 0.717) is 23.7 Å². The van der Waals surface area contributed by atoms with Gasteiger partial charge >= 0.3 is 0 Å². The minimum absolute atomic E-state index is 0.143. The summed E-state index contributed by atoms with van der Waals surface area (Å²) in [7, 11) is 1.60. The molecule has 0 aliphatic carbocycles. The second-order valence-electron chi connectivity index (χ2n) is 9.91. The number of methoxy groups -OCH3 is 1. The fourth-order valence-electron chi connectivity index (χ4n) is 3.55. The SMILES string of the molecule is COc1ccc(-n2nc(C(C)(C)C)cc2NC(=O)CN(CC(C)C)C(=O)c2ccc(F)cc2)cc1. The highest BCUT2D eigenvalue weighted by atomic mass is 19.1. The van der Waals surface area contributed by atoms with Gasteiger partial charge in [0.25, 0.3) is 5.91 Å². The standard InChI is InChI=1S/C27H33FN4O3/c1-18(2)16-31(26(34)19-7-9-20(28)10-8-19)17-25(33)29-24-15-23(27(3,4)5)30-32(24)21-11-13-22(35-6)14-12-21/h7-15,18H,16-17H2,1-6H3,(H,29,33). The van der Waals surface area contributed by atoms with Crippen LogP contribution in [0.2, 0.25) is 0 Å². The van der Waals surface area contributed by atoms with Crippen LogP contribution in [0, 0.1) is 11.7 Å². The van der Waals surface area contributed by atoms with Gasteiger partial charge in [0.05, 0.1) is 18.5 Å². The van der Waals surface area contributed by atoms with E-state index in [0.717, 1.165) is 11.4 Å². The average Bonchev–Trinajstić information content (AvgIpc) is 3.22. The van der Waals surface area contributed by atoms with Crippen LogP contribution in [0.4, 0.5) is 10.2 Å². The van der Waals surface area contributed by atoms with Gasteiger partial charge in [0, 0.05) is 23.6 Å². The predicted molar refractivity (Wildman–Crippen MR) is 135 cm³/mol. The van der Waals surface area contributed by atoms with Crippen molar-refractivity contribution in [2.45, 2.75) is 40.0 Å². The zero-order chi connectivity index (χ0) is 25.8. The van der Waals surface area contributed by atoms with Crippen molar-refractivity contribution >= 4 is 17.6 Å². The summed E-state index contributed by atoms with van der Waals surface area (Å²) < 4.78 is 20.2. The Bertz CT molecular complexity index is 1160. The summed E-state index contributed by atoms with van der Waals surface area (Å²) in [6.45, 7) is 10.3. The van der Waals surface area contributed by atoms with E-state index in [-0.39, 0.29) is 29.7 Å². The highest BCUT2D eigenvalue weighted by molar-refractivity contribution is 5.99. The smallest absolute Gasteiger partial charge is 0.254 e. The van der Waals surface area contributed by atoms with Gasteiger partial charge in [0.2, 0.25) is 5.91 Å². The molecule has 1 N–H and O–H groups in total. The molecule has 3 aromatic rings. The number of aromatic nitrogens is 2. The van der Waals surface area contributed by atoms with Crippen LogP contribution < -0.4 is 10.1 Å². The number of amides is 2. The molecule has 7 nitrogen and oxygen atoms in total. The molecule has 0 saturated carbocycles. The Morgan fingerprint density at radius 1 is 1.09 bits per heavy atom. The molecule has 0 bridgehead atoms. The Hall–Kier alpha value is -3.68. The van der Waals surface area contributed by atoms with Gasteiger partial charge in [-0.05, 0) is 54.4 Å². The number of benzene rings is 2. The first kappa shape index (κ1) is 25.9. The number of ether oxygens (including phenoxy) is 1. The van der Waals surface area contributed by atoms with E-state index in [1.54, 1.807) is 11.8 Å². The number of nitrogens with zero attached hydrogens (tertiary/aromatic N) is 3. The molecule has 0 aliphatic rings. The second kappa shape index (κ2) is 10.7. The van der Waals surface area contributed by atoms with Gasteiger partial charge in [-0.1, -0.05) is 34.6 Å². The molecule has 2 aromatic carbocycles. The monoisotopic (exact) mass is 480 g/mol. The average molecular weight is 481 g/mol. The lowest BCUT2D eigenvalue weighted by atomic mass is 9.92. The number of rotatable bonds is 8. The van der Waals surface area contributed by atoms with E-state index in [9.17, 15) is 14.0 Å². The first-order chi connectivity index (χ1) is 16.5. The maximum Gasteiger partial charge on any atom is 0.254 e. The Morgan fingerprint density at radius 3 is 2.26 bits per heavy atom. The van der Waals surface area contributed by atoms with Gasteiger partial charge in [-0.25, -0.2) is 9.07 Å². The molecule has 2 amide bonds. The molecule has 0 atom stereocenters. The molecular formula is C27H33FN4O3. The molecule has 186 valence electrons. The molecule has 1 heterocycles. The summed E-state index contributed by atoms with van der Waals surface area (Å²) in [6, 6.07) is 14.5. The van der Waals surface area contributed by atoms with Crippen molar-refractivity contribution in [1.82, 2.24) is 14.7 Å². The molecule has 8 heteroatoms. The number of anilines is 1. The molecule has 0 spiro atoms. The zero-order valence-electron chi connectivity index (χ0n) is 21.1. The molecular weight excluding hydrogens is 447 g/mol. The van der Waals surface area contributed by atoms with Crippen molar-refractivity contribution in [3.8, 4) is 11.4 Å². The third-order valence-electron chi connectivity index (χ3n) is 5.36. The molecule has 3 rings (SSSR count). The topological polar surface area (TPSA) is 76.5 Å². The minimum Gasteiger partial charge on any atom is -0.497 e. The Balaban J connectivity index is 1.86. The number of hydrogen-bond donors (Lipinski definition) is 1. The Kier molecular flexibility index (Phi) is 7.94. The Morgan fingerprint density at radius 2 is 1.71 bits per heavy atom. The maximum atomic E-state index is 13.3. The van der Waals surface area contributed by atoms with Gasteiger partial charge in [-0.15, -0.1) is 0 Å². The summed E-state index contributed by atoms with van der Waals surface area (Å²) in [4.78, 5) is 27.6. The molecule has 0 fully saturated rings. The fraction of sp³-hybridized carbons (Fsp3) is 0.370. The largest absolute Gasteiger partial charge is 0.497 e. The van der Waals surface area contributed by atoms with Crippen LogP contribution in [0.5, 0.6) is 5.75 Å². The number of carbonyl (C=O) groups excluding carboxylic acids is 2. The minimum atomic E-state index is -0.420. The highest BCUT2D eigenvalue weighted by Crippen LogP contribution is 2.27.